The maximum absolute atomic E-state index is 10.5. The normalized spacial score (nSPS) is 22.1. The second-order valence-electron chi connectivity index (χ2n) is 10.1. The molecule has 1 aromatic carbocycles. The molecule has 0 radical (unpaired) electrons. The molecule has 4 heterocycles. The van der Waals surface area contributed by atoms with E-state index in [0.29, 0.717) is 11.5 Å². The number of halogens is 1. The van der Waals surface area contributed by atoms with E-state index in [1.807, 2.05) is 67.0 Å². The van der Waals surface area contributed by atoms with Crippen LogP contribution in [0.4, 0.5) is 5.82 Å². The number of aromatic nitrogens is 4. The summed E-state index contributed by atoms with van der Waals surface area (Å²) >= 11 is 2.26. The molecule has 4 aromatic rings. The van der Waals surface area contributed by atoms with Gasteiger partial charge < -0.3 is 28.8 Å². The minimum atomic E-state index is -1.34. The standard InChI is InChI=1S/C27H31IN6O4/c1-16-23(38-27(2,3)35)22(13-36-21-12-20-17(11-19(21)28)7-6-9-29-20)37-26(16)34-10-8-18-24(32-15-33(4)5)30-14-31-25(18)34/h6-12,14-16,22-23,26,35H,13H2,1-5H3/t16-,22-,23+,26-/m1/s1. The van der Waals surface area contributed by atoms with Gasteiger partial charge in [0, 0.05) is 43.9 Å². The van der Waals surface area contributed by atoms with Crippen molar-refractivity contribution in [3.63, 3.8) is 0 Å². The van der Waals surface area contributed by atoms with Crippen molar-refractivity contribution in [2.75, 3.05) is 20.7 Å². The van der Waals surface area contributed by atoms with Crippen LogP contribution in [0, 0.1) is 9.49 Å². The summed E-state index contributed by atoms with van der Waals surface area (Å²) in [5, 5.41) is 12.4. The van der Waals surface area contributed by atoms with Crippen LogP contribution in [-0.2, 0) is 9.47 Å². The van der Waals surface area contributed by atoms with E-state index >= 15 is 0 Å². The first kappa shape index (κ1) is 26.7. The van der Waals surface area contributed by atoms with E-state index in [-0.39, 0.29) is 12.5 Å². The van der Waals surface area contributed by atoms with Crippen molar-refractivity contribution in [3.8, 4) is 5.75 Å². The second kappa shape index (κ2) is 10.7. The van der Waals surface area contributed by atoms with Gasteiger partial charge in [0.25, 0.3) is 0 Å². The number of rotatable bonds is 8. The fraction of sp³-hybridized carbons (Fsp3) is 0.407. The number of benzene rings is 1. The summed E-state index contributed by atoms with van der Waals surface area (Å²) in [4.78, 5) is 19.6. The van der Waals surface area contributed by atoms with E-state index < -0.39 is 24.2 Å². The van der Waals surface area contributed by atoms with Crippen LogP contribution in [-0.4, -0.2) is 74.6 Å². The highest BCUT2D eigenvalue weighted by atomic mass is 127. The van der Waals surface area contributed by atoms with E-state index in [9.17, 15) is 5.11 Å². The molecule has 1 N–H and O–H groups in total. The van der Waals surface area contributed by atoms with Crippen molar-refractivity contribution in [1.82, 2.24) is 24.4 Å². The number of hydrogen-bond acceptors (Lipinski definition) is 8. The fourth-order valence-electron chi connectivity index (χ4n) is 4.64. The zero-order valence-electron chi connectivity index (χ0n) is 21.9. The summed E-state index contributed by atoms with van der Waals surface area (Å²) in [7, 11) is 3.81. The Morgan fingerprint density at radius 3 is 2.82 bits per heavy atom. The van der Waals surface area contributed by atoms with Gasteiger partial charge in [-0.15, -0.1) is 0 Å². The van der Waals surface area contributed by atoms with Crippen LogP contribution in [0.25, 0.3) is 21.9 Å². The number of aliphatic imine (C=N–C) groups is 1. The van der Waals surface area contributed by atoms with Crippen LogP contribution in [0.2, 0.25) is 0 Å². The minimum absolute atomic E-state index is 0.119. The molecule has 0 aliphatic carbocycles. The lowest BCUT2D eigenvalue weighted by atomic mass is 10.0. The van der Waals surface area contributed by atoms with Crippen molar-refractivity contribution in [1.29, 1.82) is 0 Å². The maximum Gasteiger partial charge on any atom is 0.166 e. The lowest BCUT2D eigenvalue weighted by Gasteiger charge is -2.29. The molecule has 11 heteroatoms. The molecule has 5 rings (SSSR count). The number of pyridine rings is 1. The summed E-state index contributed by atoms with van der Waals surface area (Å²) in [6, 6.07) is 9.86. The molecule has 1 aliphatic heterocycles. The van der Waals surface area contributed by atoms with Crippen LogP contribution in [0.3, 0.4) is 0 Å². The van der Waals surface area contributed by atoms with E-state index in [4.69, 9.17) is 14.2 Å². The van der Waals surface area contributed by atoms with E-state index in [1.165, 1.54) is 6.33 Å². The third-order valence-electron chi connectivity index (χ3n) is 6.31. The van der Waals surface area contributed by atoms with Crippen LogP contribution >= 0.6 is 22.6 Å². The predicted molar refractivity (Wildman–Crippen MR) is 154 cm³/mol. The molecule has 0 amide bonds. The quantitative estimate of drug-likeness (QED) is 0.131. The van der Waals surface area contributed by atoms with Crippen LogP contribution in [0.5, 0.6) is 5.75 Å². The molecule has 0 unspecified atom stereocenters. The molecule has 200 valence electrons. The Bertz CT molecular complexity index is 1470. The molecule has 1 aliphatic rings. The SMILES string of the molecule is C[C@@H]1[C@H](OC(C)(C)O)[C@@H](COc2cc3ncccc3cc2I)O[C@H]1n1ccc2c(N=CN(C)C)ncnc21. The Labute approximate surface area is 234 Å². The zero-order valence-corrected chi connectivity index (χ0v) is 24.1. The van der Waals surface area contributed by atoms with Crippen LogP contribution in [0.1, 0.15) is 27.0 Å². The Morgan fingerprint density at radius 1 is 1.24 bits per heavy atom. The zero-order chi connectivity index (χ0) is 27.0. The molecule has 1 fully saturated rings. The smallest absolute Gasteiger partial charge is 0.166 e. The monoisotopic (exact) mass is 630 g/mol. The van der Waals surface area contributed by atoms with Gasteiger partial charge in [-0.25, -0.2) is 15.0 Å². The highest BCUT2D eigenvalue weighted by Gasteiger charge is 2.46. The first-order valence-corrected chi connectivity index (χ1v) is 13.4. The van der Waals surface area contributed by atoms with Gasteiger partial charge in [-0.2, -0.15) is 0 Å². The molecule has 4 atom stereocenters. The Kier molecular flexibility index (Phi) is 7.54. The number of nitrogens with zero attached hydrogens (tertiary/aromatic N) is 6. The first-order chi connectivity index (χ1) is 18.1. The van der Waals surface area contributed by atoms with E-state index in [0.717, 1.165) is 25.6 Å². The van der Waals surface area contributed by atoms with Gasteiger partial charge in [0.1, 0.15) is 36.7 Å². The third kappa shape index (κ3) is 5.60. The fourth-order valence-corrected chi connectivity index (χ4v) is 5.29. The Balaban J connectivity index is 1.43. The lowest BCUT2D eigenvalue weighted by Crippen LogP contribution is -2.40. The highest BCUT2D eigenvalue weighted by Crippen LogP contribution is 2.40. The van der Waals surface area contributed by atoms with Crippen molar-refractivity contribution in [2.24, 2.45) is 10.9 Å². The van der Waals surface area contributed by atoms with Gasteiger partial charge in [-0.3, -0.25) is 4.98 Å². The van der Waals surface area contributed by atoms with Crippen molar-refractivity contribution >= 4 is 56.7 Å². The highest BCUT2D eigenvalue weighted by molar-refractivity contribution is 14.1. The molecular formula is C27H31IN6O4. The summed E-state index contributed by atoms with van der Waals surface area (Å²) in [5.41, 5.74) is 1.57. The maximum atomic E-state index is 10.5. The minimum Gasteiger partial charge on any atom is -0.490 e. The first-order valence-electron chi connectivity index (χ1n) is 12.4. The Hall–Kier alpha value is -2.87. The van der Waals surface area contributed by atoms with Gasteiger partial charge >= 0.3 is 0 Å². The molecule has 1 saturated heterocycles. The van der Waals surface area contributed by atoms with Gasteiger partial charge in [-0.05, 0) is 54.6 Å². The average molecular weight is 630 g/mol. The molecule has 0 spiro atoms. The molecule has 0 bridgehead atoms. The van der Waals surface area contributed by atoms with E-state index in [1.54, 1.807) is 26.4 Å². The molecule has 10 nitrogen and oxygen atoms in total. The number of aliphatic hydroxyl groups is 1. The van der Waals surface area contributed by atoms with Gasteiger partial charge in [-0.1, -0.05) is 13.0 Å². The van der Waals surface area contributed by atoms with Crippen molar-refractivity contribution < 1.29 is 19.3 Å². The van der Waals surface area contributed by atoms with Crippen LogP contribution < -0.4 is 4.74 Å². The topological polar surface area (TPSA) is 107 Å². The summed E-state index contributed by atoms with van der Waals surface area (Å²) in [5.74, 6) is -0.157. The predicted octanol–water partition coefficient (Wildman–Crippen LogP) is 4.53. The summed E-state index contributed by atoms with van der Waals surface area (Å²) in [6.07, 6.45) is 5.63. The number of hydrogen-bond donors (Lipinski definition) is 1. The van der Waals surface area contributed by atoms with Gasteiger partial charge in [0.15, 0.2) is 11.6 Å². The number of fused-ring (bicyclic) bond motifs is 2. The summed E-state index contributed by atoms with van der Waals surface area (Å²) in [6.45, 7) is 5.53. The van der Waals surface area contributed by atoms with Gasteiger partial charge in [0.05, 0.1) is 26.9 Å². The summed E-state index contributed by atoms with van der Waals surface area (Å²) < 4.78 is 21.9. The van der Waals surface area contributed by atoms with Gasteiger partial charge in [0.2, 0.25) is 0 Å². The number of ether oxygens (including phenoxy) is 3. The average Bonchev–Trinajstić information content (AvgIpc) is 3.42. The third-order valence-corrected chi connectivity index (χ3v) is 7.15. The second-order valence-corrected chi connectivity index (χ2v) is 11.3. The molecule has 38 heavy (non-hydrogen) atoms. The van der Waals surface area contributed by atoms with E-state index in [2.05, 4.69) is 42.5 Å². The molecule has 3 aromatic heterocycles. The lowest BCUT2D eigenvalue weighted by molar-refractivity contribution is -0.222. The largest absolute Gasteiger partial charge is 0.490 e. The van der Waals surface area contributed by atoms with Crippen LogP contribution in [0.15, 0.2) is 54.0 Å². The molecule has 0 saturated carbocycles. The Morgan fingerprint density at radius 2 is 2.05 bits per heavy atom. The van der Waals surface area contributed by atoms with Crippen molar-refractivity contribution in [3.05, 3.63) is 52.6 Å². The molecular weight excluding hydrogens is 599 g/mol. The van der Waals surface area contributed by atoms with Crippen molar-refractivity contribution in [2.45, 2.75) is 45.0 Å².